The maximum absolute atomic E-state index is 12.6. The molecule has 1 amide bonds. The van der Waals surface area contributed by atoms with Gasteiger partial charge in [-0.1, -0.05) is 12.1 Å². The molecule has 2 aliphatic rings. The molecule has 0 bridgehead atoms. The van der Waals surface area contributed by atoms with Gasteiger partial charge in [0.25, 0.3) is 5.91 Å². The molecular weight excluding hydrogens is 366 g/mol. The second kappa shape index (κ2) is 7.70. The molecule has 2 aromatic rings. The third-order valence-electron chi connectivity index (χ3n) is 5.18. The van der Waals surface area contributed by atoms with E-state index < -0.39 is 11.9 Å². The largest absolute Gasteiger partial charge is 0.488 e. The van der Waals surface area contributed by atoms with Crippen molar-refractivity contribution in [3.8, 4) is 16.2 Å². The number of ether oxygens (including phenoxy) is 2. The van der Waals surface area contributed by atoms with E-state index in [1.807, 2.05) is 30.3 Å². The van der Waals surface area contributed by atoms with Crippen molar-refractivity contribution in [2.45, 2.75) is 19.4 Å². The number of rotatable bonds is 5. The van der Waals surface area contributed by atoms with Gasteiger partial charge < -0.3 is 19.9 Å². The molecule has 0 spiro atoms. The van der Waals surface area contributed by atoms with Gasteiger partial charge in [0.2, 0.25) is 0 Å². The fourth-order valence-electron chi connectivity index (χ4n) is 3.67. The Morgan fingerprint density at radius 1 is 1.26 bits per heavy atom. The summed E-state index contributed by atoms with van der Waals surface area (Å²) in [5, 5.41) is 12.4. The van der Waals surface area contributed by atoms with Gasteiger partial charge in [-0.2, -0.15) is 0 Å². The first kappa shape index (κ1) is 18.0. The van der Waals surface area contributed by atoms with Gasteiger partial charge in [0.1, 0.15) is 12.4 Å². The van der Waals surface area contributed by atoms with Crippen molar-refractivity contribution in [2.75, 3.05) is 19.8 Å². The summed E-state index contributed by atoms with van der Waals surface area (Å²) < 4.78 is 11.0. The predicted octanol–water partition coefficient (Wildman–Crippen LogP) is 3.16. The Labute approximate surface area is 161 Å². The van der Waals surface area contributed by atoms with Crippen LogP contribution >= 0.6 is 11.3 Å². The number of nitrogens with one attached hydrogen (secondary N) is 1. The Balaban J connectivity index is 1.46. The lowest BCUT2D eigenvalue weighted by molar-refractivity contribution is -0.144. The van der Waals surface area contributed by atoms with Crippen LogP contribution in [0.3, 0.4) is 0 Å². The molecule has 7 heteroatoms. The van der Waals surface area contributed by atoms with Crippen molar-refractivity contribution in [1.29, 1.82) is 0 Å². The lowest BCUT2D eigenvalue weighted by Gasteiger charge is -2.27. The quantitative estimate of drug-likeness (QED) is 0.823. The second-order valence-electron chi connectivity index (χ2n) is 6.85. The van der Waals surface area contributed by atoms with E-state index in [-0.39, 0.29) is 18.4 Å². The van der Waals surface area contributed by atoms with Crippen LogP contribution < -0.4 is 10.1 Å². The first-order valence-electron chi connectivity index (χ1n) is 9.07. The summed E-state index contributed by atoms with van der Waals surface area (Å²) in [6, 6.07) is 9.62. The number of thiophene rings is 1. The molecule has 0 saturated carbocycles. The Morgan fingerprint density at radius 2 is 2.04 bits per heavy atom. The summed E-state index contributed by atoms with van der Waals surface area (Å²) in [4.78, 5) is 25.9. The standard InChI is InChI=1S/C20H21NO5S/c22-19(21-10-15(20(23)24)12-5-7-25-8-6-12)17-9-13-11-26-16-4-2-1-3-14(16)18(13)27-17/h1-4,9,12,15H,5-8,10-11H2,(H,21,22)(H,23,24). The number of para-hydroxylation sites is 1. The lowest BCUT2D eigenvalue weighted by atomic mass is 9.86. The van der Waals surface area contributed by atoms with Crippen LogP contribution in [-0.2, 0) is 16.1 Å². The van der Waals surface area contributed by atoms with E-state index in [4.69, 9.17) is 9.47 Å². The van der Waals surface area contributed by atoms with Crippen LogP contribution in [0.15, 0.2) is 30.3 Å². The maximum Gasteiger partial charge on any atom is 0.308 e. The number of fused-ring (bicyclic) bond motifs is 3. The molecule has 0 aliphatic carbocycles. The predicted molar refractivity (Wildman–Crippen MR) is 101 cm³/mol. The summed E-state index contributed by atoms with van der Waals surface area (Å²) in [5.74, 6) is -0.825. The number of hydrogen-bond acceptors (Lipinski definition) is 5. The fourth-order valence-corrected chi connectivity index (χ4v) is 4.79. The number of benzene rings is 1. The van der Waals surface area contributed by atoms with E-state index in [9.17, 15) is 14.7 Å². The average Bonchev–Trinajstić information content (AvgIpc) is 3.13. The van der Waals surface area contributed by atoms with Crippen LogP contribution in [0.5, 0.6) is 5.75 Å². The van der Waals surface area contributed by atoms with Crippen LogP contribution in [0.1, 0.15) is 28.1 Å². The zero-order valence-electron chi connectivity index (χ0n) is 14.8. The number of carbonyl (C=O) groups excluding carboxylic acids is 1. The third-order valence-corrected chi connectivity index (χ3v) is 6.39. The summed E-state index contributed by atoms with van der Waals surface area (Å²) >= 11 is 1.42. The minimum atomic E-state index is -0.866. The van der Waals surface area contributed by atoms with Gasteiger partial charge in [-0.15, -0.1) is 11.3 Å². The molecule has 4 rings (SSSR count). The molecule has 2 aliphatic heterocycles. The summed E-state index contributed by atoms with van der Waals surface area (Å²) in [6.07, 6.45) is 1.43. The van der Waals surface area contributed by atoms with E-state index in [2.05, 4.69) is 5.32 Å². The van der Waals surface area contributed by atoms with Gasteiger partial charge in [0, 0.05) is 35.8 Å². The molecule has 1 saturated heterocycles. The number of aliphatic carboxylic acids is 1. The van der Waals surface area contributed by atoms with Gasteiger partial charge in [0.15, 0.2) is 0 Å². The highest BCUT2D eigenvalue weighted by Gasteiger charge is 2.30. The number of carbonyl (C=O) groups is 2. The number of carboxylic acids is 1. The topological polar surface area (TPSA) is 84.9 Å². The SMILES string of the molecule is O=C(NCC(C(=O)O)C1CCOCC1)c1cc2c(s1)-c1ccccc1OC2. The highest BCUT2D eigenvalue weighted by atomic mass is 32.1. The summed E-state index contributed by atoms with van der Waals surface area (Å²) in [7, 11) is 0. The Bertz CT molecular complexity index is 856. The van der Waals surface area contributed by atoms with E-state index in [0.29, 0.717) is 37.5 Å². The molecule has 1 aromatic carbocycles. The molecule has 3 heterocycles. The molecule has 27 heavy (non-hydrogen) atoms. The van der Waals surface area contributed by atoms with Crippen LogP contribution in [-0.4, -0.2) is 36.7 Å². The zero-order chi connectivity index (χ0) is 18.8. The first-order valence-corrected chi connectivity index (χ1v) is 9.89. The van der Waals surface area contributed by atoms with E-state index in [1.54, 1.807) is 0 Å². The second-order valence-corrected chi connectivity index (χ2v) is 7.91. The van der Waals surface area contributed by atoms with Crippen molar-refractivity contribution in [3.05, 3.63) is 40.8 Å². The van der Waals surface area contributed by atoms with Crippen LogP contribution in [0, 0.1) is 11.8 Å². The summed E-state index contributed by atoms with van der Waals surface area (Å²) in [6.45, 7) is 1.74. The highest BCUT2D eigenvalue weighted by Crippen LogP contribution is 2.42. The normalized spacial score (nSPS) is 17.3. The minimum Gasteiger partial charge on any atom is -0.488 e. The van der Waals surface area contributed by atoms with E-state index in [1.165, 1.54) is 11.3 Å². The smallest absolute Gasteiger partial charge is 0.308 e. The molecule has 1 aromatic heterocycles. The van der Waals surface area contributed by atoms with Crippen LogP contribution in [0.2, 0.25) is 0 Å². The summed E-state index contributed by atoms with van der Waals surface area (Å²) in [5.41, 5.74) is 1.98. The first-order chi connectivity index (χ1) is 13.1. The number of carboxylic acid groups (broad SMARTS) is 1. The molecule has 1 unspecified atom stereocenters. The molecule has 142 valence electrons. The van der Waals surface area contributed by atoms with Crippen molar-refractivity contribution >= 4 is 23.2 Å². The Hall–Kier alpha value is -2.38. The van der Waals surface area contributed by atoms with E-state index >= 15 is 0 Å². The fraction of sp³-hybridized carbons (Fsp3) is 0.400. The van der Waals surface area contributed by atoms with Gasteiger partial charge in [0.05, 0.1) is 10.8 Å². The molecule has 2 N–H and O–H groups in total. The maximum atomic E-state index is 12.6. The van der Waals surface area contributed by atoms with Crippen molar-refractivity contribution in [2.24, 2.45) is 11.8 Å². The monoisotopic (exact) mass is 387 g/mol. The highest BCUT2D eigenvalue weighted by molar-refractivity contribution is 7.17. The van der Waals surface area contributed by atoms with Crippen molar-refractivity contribution in [3.63, 3.8) is 0 Å². The van der Waals surface area contributed by atoms with Crippen molar-refractivity contribution < 1.29 is 24.2 Å². The van der Waals surface area contributed by atoms with E-state index in [0.717, 1.165) is 21.8 Å². The third kappa shape index (κ3) is 3.70. The van der Waals surface area contributed by atoms with Crippen LogP contribution in [0.25, 0.3) is 10.4 Å². The molecule has 6 nitrogen and oxygen atoms in total. The Morgan fingerprint density at radius 3 is 2.81 bits per heavy atom. The van der Waals surface area contributed by atoms with Gasteiger partial charge in [-0.05, 0) is 37.0 Å². The molecule has 1 atom stereocenters. The minimum absolute atomic E-state index is 0.0355. The Kier molecular flexibility index (Phi) is 5.13. The molecular formula is C20H21NO5S. The van der Waals surface area contributed by atoms with Gasteiger partial charge >= 0.3 is 5.97 Å². The van der Waals surface area contributed by atoms with Crippen molar-refractivity contribution in [1.82, 2.24) is 5.32 Å². The van der Waals surface area contributed by atoms with Crippen LogP contribution in [0.4, 0.5) is 0 Å². The average molecular weight is 387 g/mol. The zero-order valence-corrected chi connectivity index (χ0v) is 15.6. The van der Waals surface area contributed by atoms with Gasteiger partial charge in [-0.25, -0.2) is 0 Å². The lowest BCUT2D eigenvalue weighted by Crippen LogP contribution is -2.38. The number of hydrogen-bond donors (Lipinski definition) is 2. The molecule has 0 radical (unpaired) electrons. The van der Waals surface area contributed by atoms with Gasteiger partial charge in [-0.3, -0.25) is 9.59 Å². The molecule has 1 fully saturated rings. The number of amides is 1.